The van der Waals surface area contributed by atoms with E-state index in [0.29, 0.717) is 11.5 Å². The molecule has 1 aliphatic carbocycles. The number of thiophene rings is 1. The van der Waals surface area contributed by atoms with Crippen LogP contribution in [0.1, 0.15) is 30.4 Å². The van der Waals surface area contributed by atoms with E-state index in [1.165, 1.54) is 49.0 Å². The fourth-order valence-corrected chi connectivity index (χ4v) is 5.19. The molecule has 3 aromatic heterocycles. The van der Waals surface area contributed by atoms with Crippen LogP contribution in [0.25, 0.3) is 5.52 Å². The topological polar surface area (TPSA) is 32.6 Å². The van der Waals surface area contributed by atoms with E-state index in [-0.39, 0.29) is 0 Å². The van der Waals surface area contributed by atoms with Crippen LogP contribution in [0, 0.1) is 5.41 Å². The molecule has 1 saturated carbocycles. The Balaban J connectivity index is 1.41. The predicted molar refractivity (Wildman–Crippen MR) is 102 cm³/mol. The number of nitrogens with zero attached hydrogens (tertiary/aromatic N) is 3. The normalized spacial score (nSPS) is 22.0. The van der Waals surface area contributed by atoms with Crippen molar-refractivity contribution in [1.29, 1.82) is 0 Å². The molecule has 4 nitrogen and oxygen atoms in total. The van der Waals surface area contributed by atoms with E-state index >= 15 is 0 Å². The Morgan fingerprint density at radius 3 is 3.00 bits per heavy atom. The van der Waals surface area contributed by atoms with E-state index in [2.05, 4.69) is 44.3 Å². The summed E-state index contributed by atoms with van der Waals surface area (Å²) < 4.78 is 1.99. The number of nitrogens with one attached hydrogen (secondary N) is 1. The molecule has 2 fully saturated rings. The molecular weight excluding hydrogens is 328 g/mol. The van der Waals surface area contributed by atoms with Crippen LogP contribution >= 0.6 is 11.3 Å². The monoisotopic (exact) mass is 352 g/mol. The highest BCUT2D eigenvalue weighted by Gasteiger charge is 2.56. The molecule has 0 aromatic carbocycles. The predicted octanol–water partition coefficient (Wildman–Crippen LogP) is 3.54. The van der Waals surface area contributed by atoms with Gasteiger partial charge in [-0.3, -0.25) is 4.90 Å². The summed E-state index contributed by atoms with van der Waals surface area (Å²) in [6, 6.07) is 9.31. The SMILES string of the molecule is c1ccn2ncc(CN(Cc3ccsc3)[C@@H]3CC34CCNCC4)c2c1. The van der Waals surface area contributed by atoms with Gasteiger partial charge in [0.2, 0.25) is 0 Å². The second kappa shape index (κ2) is 6.24. The van der Waals surface area contributed by atoms with Crippen molar-refractivity contribution in [2.24, 2.45) is 5.41 Å². The Hall–Kier alpha value is -1.69. The third-order valence-corrected chi connectivity index (χ3v) is 6.76. The van der Waals surface area contributed by atoms with Gasteiger partial charge in [0, 0.05) is 30.9 Å². The molecule has 25 heavy (non-hydrogen) atoms. The highest BCUT2D eigenvalue weighted by molar-refractivity contribution is 7.07. The summed E-state index contributed by atoms with van der Waals surface area (Å²) in [6.45, 7) is 4.40. The van der Waals surface area contributed by atoms with Gasteiger partial charge in [0.25, 0.3) is 0 Å². The first-order valence-electron chi connectivity index (χ1n) is 9.21. The van der Waals surface area contributed by atoms with Gasteiger partial charge in [-0.15, -0.1) is 0 Å². The lowest BCUT2D eigenvalue weighted by atomic mass is 9.93. The van der Waals surface area contributed by atoms with E-state index in [1.54, 1.807) is 11.3 Å². The van der Waals surface area contributed by atoms with Crippen molar-refractivity contribution in [2.45, 2.75) is 38.4 Å². The summed E-state index contributed by atoms with van der Waals surface area (Å²) in [4.78, 5) is 2.71. The van der Waals surface area contributed by atoms with Crippen molar-refractivity contribution in [3.05, 3.63) is 58.5 Å². The summed E-state index contributed by atoms with van der Waals surface area (Å²) in [5, 5.41) is 12.5. The number of hydrogen-bond acceptors (Lipinski definition) is 4. The summed E-state index contributed by atoms with van der Waals surface area (Å²) in [7, 11) is 0. The zero-order valence-corrected chi connectivity index (χ0v) is 15.2. The van der Waals surface area contributed by atoms with Gasteiger partial charge in [0.05, 0.1) is 11.7 Å². The molecule has 0 bridgehead atoms. The Labute approximate surface area is 152 Å². The van der Waals surface area contributed by atoms with Gasteiger partial charge in [0.1, 0.15) is 0 Å². The van der Waals surface area contributed by atoms with Gasteiger partial charge in [-0.25, -0.2) is 4.52 Å². The molecule has 1 saturated heterocycles. The molecule has 1 N–H and O–H groups in total. The highest BCUT2D eigenvalue weighted by atomic mass is 32.1. The second-order valence-corrected chi connectivity index (χ2v) is 8.35. The standard InChI is InChI=1S/C20H24N4S/c1-2-9-24-18(3-1)17(12-22-24)14-23(13-16-4-10-25-15-16)19-11-20(19)5-7-21-8-6-20/h1-4,9-10,12,15,19,21H,5-8,11,13-14H2/t19-/m1/s1. The lowest BCUT2D eigenvalue weighted by Gasteiger charge is -2.29. The van der Waals surface area contributed by atoms with Crippen molar-refractivity contribution in [1.82, 2.24) is 19.8 Å². The molecule has 2 aliphatic rings. The van der Waals surface area contributed by atoms with Gasteiger partial charge in [0.15, 0.2) is 0 Å². The molecule has 1 spiro atoms. The van der Waals surface area contributed by atoms with Crippen LogP contribution in [0.2, 0.25) is 0 Å². The van der Waals surface area contributed by atoms with Crippen molar-refractivity contribution in [2.75, 3.05) is 13.1 Å². The zero-order valence-electron chi connectivity index (χ0n) is 14.4. The van der Waals surface area contributed by atoms with Gasteiger partial charge >= 0.3 is 0 Å². The third kappa shape index (κ3) is 2.90. The second-order valence-electron chi connectivity index (χ2n) is 7.57. The first-order valence-corrected chi connectivity index (χ1v) is 10.2. The third-order valence-electron chi connectivity index (χ3n) is 6.03. The summed E-state index contributed by atoms with van der Waals surface area (Å²) in [5.41, 5.74) is 4.58. The summed E-state index contributed by atoms with van der Waals surface area (Å²) in [6.07, 6.45) is 8.10. The molecule has 3 aromatic rings. The smallest absolute Gasteiger partial charge is 0.0706 e. The summed E-state index contributed by atoms with van der Waals surface area (Å²) >= 11 is 1.80. The van der Waals surface area contributed by atoms with Gasteiger partial charge in [-0.2, -0.15) is 16.4 Å². The minimum absolute atomic E-state index is 0.560. The molecule has 5 rings (SSSR count). The van der Waals surface area contributed by atoms with Crippen molar-refractivity contribution in [3.63, 3.8) is 0 Å². The van der Waals surface area contributed by atoms with Gasteiger partial charge in [-0.05, 0) is 72.3 Å². The van der Waals surface area contributed by atoms with E-state index in [1.807, 2.05) is 23.0 Å². The van der Waals surface area contributed by atoms with Crippen LogP contribution in [-0.4, -0.2) is 33.6 Å². The zero-order chi connectivity index (χ0) is 16.7. The van der Waals surface area contributed by atoms with Crippen LogP contribution in [0.3, 0.4) is 0 Å². The van der Waals surface area contributed by atoms with Crippen LogP contribution < -0.4 is 5.32 Å². The number of fused-ring (bicyclic) bond motifs is 1. The molecule has 1 atom stereocenters. The Morgan fingerprint density at radius 2 is 2.16 bits per heavy atom. The molecule has 130 valence electrons. The molecule has 0 radical (unpaired) electrons. The van der Waals surface area contributed by atoms with Crippen LogP contribution in [-0.2, 0) is 13.1 Å². The Kier molecular flexibility index (Phi) is 3.88. The molecule has 5 heteroatoms. The fourth-order valence-electron chi connectivity index (χ4n) is 4.53. The Bertz CT molecular complexity index is 848. The molecular formula is C20H24N4S. The van der Waals surface area contributed by atoms with E-state index in [0.717, 1.165) is 13.1 Å². The number of pyridine rings is 1. The first-order chi connectivity index (χ1) is 12.3. The minimum atomic E-state index is 0.560. The van der Waals surface area contributed by atoms with E-state index in [4.69, 9.17) is 0 Å². The van der Waals surface area contributed by atoms with Crippen LogP contribution in [0.15, 0.2) is 47.4 Å². The largest absolute Gasteiger partial charge is 0.317 e. The lowest BCUT2D eigenvalue weighted by molar-refractivity contribution is 0.189. The lowest BCUT2D eigenvalue weighted by Crippen LogP contribution is -2.35. The molecule has 1 aliphatic heterocycles. The minimum Gasteiger partial charge on any atom is -0.317 e. The number of piperidine rings is 1. The van der Waals surface area contributed by atoms with Crippen molar-refractivity contribution in [3.8, 4) is 0 Å². The Morgan fingerprint density at radius 1 is 1.24 bits per heavy atom. The number of hydrogen-bond donors (Lipinski definition) is 1. The number of rotatable bonds is 5. The quantitative estimate of drug-likeness (QED) is 0.762. The van der Waals surface area contributed by atoms with E-state index < -0.39 is 0 Å². The first kappa shape index (κ1) is 15.6. The van der Waals surface area contributed by atoms with Crippen LogP contribution in [0.4, 0.5) is 0 Å². The average Bonchev–Trinajstić information content (AvgIpc) is 3.03. The molecule has 0 unspecified atom stereocenters. The van der Waals surface area contributed by atoms with E-state index in [9.17, 15) is 0 Å². The van der Waals surface area contributed by atoms with Gasteiger partial charge < -0.3 is 5.32 Å². The molecule has 0 amide bonds. The van der Waals surface area contributed by atoms with Crippen LogP contribution in [0.5, 0.6) is 0 Å². The van der Waals surface area contributed by atoms with Crippen molar-refractivity contribution >= 4 is 16.9 Å². The maximum absolute atomic E-state index is 4.53. The summed E-state index contributed by atoms with van der Waals surface area (Å²) in [5.74, 6) is 0. The fraction of sp³-hybridized carbons (Fsp3) is 0.450. The van der Waals surface area contributed by atoms with Crippen molar-refractivity contribution < 1.29 is 0 Å². The highest BCUT2D eigenvalue weighted by Crippen LogP contribution is 2.56. The maximum Gasteiger partial charge on any atom is 0.0706 e. The number of aromatic nitrogens is 2. The van der Waals surface area contributed by atoms with Gasteiger partial charge in [-0.1, -0.05) is 6.07 Å². The average molecular weight is 353 g/mol. The maximum atomic E-state index is 4.53. The molecule has 4 heterocycles.